The van der Waals surface area contributed by atoms with Crippen LogP contribution in [0.25, 0.3) is 0 Å². The first-order valence-electron chi connectivity index (χ1n) is 7.38. The van der Waals surface area contributed by atoms with Crippen molar-refractivity contribution in [1.29, 1.82) is 0 Å². The average molecular weight is 255 g/mol. The molecule has 0 aromatic rings. The van der Waals surface area contributed by atoms with E-state index in [0.717, 1.165) is 38.3 Å². The van der Waals surface area contributed by atoms with E-state index in [-0.39, 0.29) is 0 Å². The lowest BCUT2D eigenvalue weighted by Crippen LogP contribution is -2.47. The normalized spacial score (nSPS) is 22.1. The molecule has 1 aliphatic rings. The number of carboxylic acids is 1. The van der Waals surface area contributed by atoms with E-state index in [1.54, 1.807) is 0 Å². The van der Waals surface area contributed by atoms with Gasteiger partial charge in [-0.2, -0.15) is 0 Å². The van der Waals surface area contributed by atoms with Gasteiger partial charge in [-0.1, -0.05) is 20.8 Å². The van der Waals surface area contributed by atoms with Crippen molar-refractivity contribution >= 4 is 5.97 Å². The van der Waals surface area contributed by atoms with Crippen LogP contribution >= 0.6 is 0 Å². The fourth-order valence-corrected chi connectivity index (χ4v) is 2.87. The summed E-state index contributed by atoms with van der Waals surface area (Å²) >= 11 is 0. The molecule has 1 aliphatic heterocycles. The fourth-order valence-electron chi connectivity index (χ4n) is 2.87. The van der Waals surface area contributed by atoms with Gasteiger partial charge in [0, 0.05) is 6.04 Å². The Labute approximate surface area is 112 Å². The molecule has 0 aliphatic carbocycles. The lowest BCUT2D eigenvalue weighted by Gasteiger charge is -2.41. The van der Waals surface area contributed by atoms with Crippen molar-refractivity contribution in [3.05, 3.63) is 0 Å². The maximum absolute atomic E-state index is 11.4. The van der Waals surface area contributed by atoms with E-state index in [1.807, 2.05) is 6.92 Å². The van der Waals surface area contributed by atoms with Crippen LogP contribution in [0, 0.1) is 11.3 Å². The van der Waals surface area contributed by atoms with Crippen molar-refractivity contribution in [3.63, 3.8) is 0 Å². The Kier molecular flexibility index (Phi) is 5.64. The van der Waals surface area contributed by atoms with E-state index in [9.17, 15) is 9.90 Å². The Morgan fingerprint density at radius 3 is 2.17 bits per heavy atom. The molecule has 0 bridgehead atoms. The van der Waals surface area contributed by atoms with E-state index in [2.05, 4.69) is 25.7 Å². The van der Waals surface area contributed by atoms with Crippen molar-refractivity contribution < 1.29 is 9.90 Å². The van der Waals surface area contributed by atoms with Gasteiger partial charge in [0.15, 0.2) is 0 Å². The Balaban J connectivity index is 2.45. The van der Waals surface area contributed by atoms with Gasteiger partial charge >= 0.3 is 5.97 Å². The number of rotatable bonds is 6. The third-order valence-electron chi connectivity index (χ3n) is 4.67. The molecule has 1 fully saturated rings. The Hall–Kier alpha value is -0.570. The maximum atomic E-state index is 11.4. The van der Waals surface area contributed by atoms with Crippen LogP contribution in [-0.4, -0.2) is 35.1 Å². The van der Waals surface area contributed by atoms with Gasteiger partial charge in [-0.3, -0.25) is 4.79 Å². The van der Waals surface area contributed by atoms with Crippen LogP contribution in [0.2, 0.25) is 0 Å². The smallest absolute Gasteiger partial charge is 0.309 e. The SMILES string of the molecule is CCC1(C(=O)O)CCN(C(C)CCC(C)C)CC1. The third kappa shape index (κ3) is 3.71. The topological polar surface area (TPSA) is 40.5 Å². The summed E-state index contributed by atoms with van der Waals surface area (Å²) in [5, 5.41) is 9.37. The van der Waals surface area contributed by atoms with Crippen molar-refractivity contribution in [2.24, 2.45) is 11.3 Å². The van der Waals surface area contributed by atoms with Gasteiger partial charge < -0.3 is 10.0 Å². The van der Waals surface area contributed by atoms with Crippen LogP contribution in [-0.2, 0) is 4.79 Å². The summed E-state index contributed by atoms with van der Waals surface area (Å²) in [7, 11) is 0. The molecular formula is C15H29NO2. The van der Waals surface area contributed by atoms with E-state index in [1.165, 1.54) is 12.8 Å². The zero-order valence-corrected chi connectivity index (χ0v) is 12.4. The molecular weight excluding hydrogens is 226 g/mol. The van der Waals surface area contributed by atoms with Crippen molar-refractivity contribution in [1.82, 2.24) is 4.90 Å². The first kappa shape index (κ1) is 15.5. The molecule has 1 unspecified atom stereocenters. The molecule has 3 nitrogen and oxygen atoms in total. The Morgan fingerprint density at radius 1 is 1.22 bits per heavy atom. The standard InChI is InChI=1S/C15H29NO2/c1-5-15(14(17)18)8-10-16(11-9-15)13(4)7-6-12(2)3/h12-13H,5-11H2,1-4H3,(H,17,18). The molecule has 106 valence electrons. The van der Waals surface area contributed by atoms with Gasteiger partial charge in [-0.05, 0) is 58.0 Å². The van der Waals surface area contributed by atoms with E-state index in [4.69, 9.17) is 0 Å². The predicted octanol–water partition coefficient (Wildman–Crippen LogP) is 3.39. The summed E-state index contributed by atoms with van der Waals surface area (Å²) < 4.78 is 0. The van der Waals surface area contributed by atoms with Crippen LogP contribution in [0.5, 0.6) is 0 Å². The van der Waals surface area contributed by atoms with Crippen LogP contribution in [0.4, 0.5) is 0 Å². The summed E-state index contributed by atoms with van der Waals surface area (Å²) in [5.41, 5.74) is -0.450. The maximum Gasteiger partial charge on any atom is 0.309 e. The van der Waals surface area contributed by atoms with Crippen LogP contribution in [0.3, 0.4) is 0 Å². The summed E-state index contributed by atoms with van der Waals surface area (Å²) in [6.45, 7) is 10.7. The van der Waals surface area contributed by atoms with Crippen LogP contribution < -0.4 is 0 Å². The Bertz CT molecular complexity index is 268. The van der Waals surface area contributed by atoms with Gasteiger partial charge in [0.05, 0.1) is 5.41 Å². The van der Waals surface area contributed by atoms with Crippen molar-refractivity contribution in [2.75, 3.05) is 13.1 Å². The number of piperidine rings is 1. The summed E-state index contributed by atoms with van der Waals surface area (Å²) in [6.07, 6.45) is 4.87. The van der Waals surface area contributed by atoms with Gasteiger partial charge in [0.2, 0.25) is 0 Å². The van der Waals surface area contributed by atoms with Gasteiger partial charge in [0.25, 0.3) is 0 Å². The highest BCUT2D eigenvalue weighted by Crippen LogP contribution is 2.36. The second-order valence-corrected chi connectivity index (χ2v) is 6.30. The number of likely N-dealkylation sites (tertiary alicyclic amines) is 1. The van der Waals surface area contributed by atoms with Gasteiger partial charge in [-0.25, -0.2) is 0 Å². The molecule has 1 atom stereocenters. The second-order valence-electron chi connectivity index (χ2n) is 6.30. The fraction of sp³-hybridized carbons (Fsp3) is 0.933. The zero-order valence-electron chi connectivity index (χ0n) is 12.4. The van der Waals surface area contributed by atoms with E-state index < -0.39 is 11.4 Å². The summed E-state index contributed by atoms with van der Waals surface area (Å²) in [6, 6.07) is 0.594. The van der Waals surface area contributed by atoms with Gasteiger partial charge in [-0.15, -0.1) is 0 Å². The number of aliphatic carboxylic acids is 1. The number of carboxylic acid groups (broad SMARTS) is 1. The summed E-state index contributed by atoms with van der Waals surface area (Å²) in [5.74, 6) is 0.158. The molecule has 18 heavy (non-hydrogen) atoms. The number of hydrogen-bond donors (Lipinski definition) is 1. The van der Waals surface area contributed by atoms with Crippen LogP contribution in [0.1, 0.15) is 59.8 Å². The van der Waals surface area contributed by atoms with E-state index >= 15 is 0 Å². The first-order chi connectivity index (χ1) is 8.41. The number of hydrogen-bond acceptors (Lipinski definition) is 2. The van der Waals surface area contributed by atoms with Crippen molar-refractivity contribution in [2.45, 2.75) is 65.8 Å². The minimum atomic E-state index is -0.598. The molecule has 3 heteroatoms. The molecule has 1 N–H and O–H groups in total. The van der Waals surface area contributed by atoms with E-state index in [0.29, 0.717) is 6.04 Å². The molecule has 1 heterocycles. The molecule has 0 spiro atoms. The molecule has 0 aromatic carbocycles. The molecule has 0 amide bonds. The molecule has 0 aromatic heterocycles. The second kappa shape index (κ2) is 6.55. The average Bonchev–Trinajstić information content (AvgIpc) is 2.35. The predicted molar refractivity (Wildman–Crippen MR) is 74.7 cm³/mol. The first-order valence-corrected chi connectivity index (χ1v) is 7.38. The number of nitrogens with zero attached hydrogens (tertiary/aromatic N) is 1. The minimum Gasteiger partial charge on any atom is -0.481 e. The molecule has 1 rings (SSSR count). The van der Waals surface area contributed by atoms with Gasteiger partial charge in [0.1, 0.15) is 0 Å². The number of carbonyl (C=O) groups is 1. The van der Waals surface area contributed by atoms with Crippen molar-refractivity contribution in [3.8, 4) is 0 Å². The molecule has 1 saturated heterocycles. The van der Waals surface area contributed by atoms with Crippen LogP contribution in [0.15, 0.2) is 0 Å². The largest absolute Gasteiger partial charge is 0.481 e. The highest BCUT2D eigenvalue weighted by Gasteiger charge is 2.40. The third-order valence-corrected chi connectivity index (χ3v) is 4.67. The highest BCUT2D eigenvalue weighted by molar-refractivity contribution is 5.74. The molecule has 0 saturated carbocycles. The quantitative estimate of drug-likeness (QED) is 0.791. The lowest BCUT2D eigenvalue weighted by molar-refractivity contribution is -0.152. The highest BCUT2D eigenvalue weighted by atomic mass is 16.4. The minimum absolute atomic E-state index is 0.450. The molecule has 0 radical (unpaired) electrons. The zero-order chi connectivity index (χ0) is 13.8. The monoisotopic (exact) mass is 255 g/mol. The Morgan fingerprint density at radius 2 is 1.78 bits per heavy atom. The lowest BCUT2D eigenvalue weighted by atomic mass is 9.76. The summed E-state index contributed by atoms with van der Waals surface area (Å²) in [4.78, 5) is 13.9.